The lowest BCUT2D eigenvalue weighted by Gasteiger charge is -2.36. The number of halogens is 1. The van der Waals surface area contributed by atoms with Crippen LogP contribution in [0.5, 0.6) is 0 Å². The van der Waals surface area contributed by atoms with E-state index in [1.54, 1.807) is 0 Å². The highest BCUT2D eigenvalue weighted by atomic mass is 19.1. The summed E-state index contributed by atoms with van der Waals surface area (Å²) in [5, 5.41) is 12.2. The number of aromatic amines is 1. The molecule has 0 radical (unpaired) electrons. The molecule has 2 aliphatic rings. The van der Waals surface area contributed by atoms with Crippen LogP contribution >= 0.6 is 0 Å². The number of nitrogens with zero attached hydrogens (tertiary/aromatic N) is 3. The Morgan fingerprint density at radius 1 is 1.17 bits per heavy atom. The van der Waals surface area contributed by atoms with E-state index < -0.39 is 29.1 Å². The summed E-state index contributed by atoms with van der Waals surface area (Å²) in [4.78, 5) is 35.0. The van der Waals surface area contributed by atoms with E-state index >= 15 is 0 Å². The molecule has 7 nitrogen and oxygen atoms in total. The Balaban J connectivity index is 1.81. The van der Waals surface area contributed by atoms with Crippen LogP contribution in [0, 0.1) is 34.9 Å². The smallest absolute Gasteiger partial charge is 0.258 e. The first-order valence-electron chi connectivity index (χ1n) is 9.72. The van der Waals surface area contributed by atoms with Crippen LogP contribution in [0.2, 0.25) is 0 Å². The highest BCUT2D eigenvalue weighted by Crippen LogP contribution is 2.38. The summed E-state index contributed by atoms with van der Waals surface area (Å²) in [5.74, 6) is -1.35. The Hall–Kier alpha value is -3.21. The second kappa shape index (κ2) is 7.32. The number of nitrogens with one attached hydrogen (secondary N) is 2. The molecule has 0 spiro atoms. The van der Waals surface area contributed by atoms with Gasteiger partial charge in [0.1, 0.15) is 17.6 Å². The predicted molar refractivity (Wildman–Crippen MR) is 106 cm³/mol. The van der Waals surface area contributed by atoms with E-state index in [0.29, 0.717) is 23.3 Å². The Labute approximate surface area is 167 Å². The van der Waals surface area contributed by atoms with Crippen LogP contribution in [-0.4, -0.2) is 29.0 Å². The molecule has 8 heteroatoms. The zero-order valence-corrected chi connectivity index (χ0v) is 16.3. The van der Waals surface area contributed by atoms with Crippen molar-refractivity contribution in [3.8, 4) is 6.07 Å². The Bertz CT molecular complexity index is 1030. The standard InChI is InChI=1S/C21H22FN5O2/c1-11-7-12(2)10-27(9-11)21-25-18-17(20(29)26-21)16(15(8-23)19(28)24-18)13-3-5-14(22)6-4-13/h3-6,11-12,15-16H,7,9-10H2,1-2H3,(H2,24,25,26,28,29). The molecule has 3 heterocycles. The van der Waals surface area contributed by atoms with Crippen molar-refractivity contribution in [1.82, 2.24) is 9.97 Å². The zero-order chi connectivity index (χ0) is 20.7. The van der Waals surface area contributed by atoms with Crippen LogP contribution in [-0.2, 0) is 4.79 Å². The fourth-order valence-corrected chi connectivity index (χ4v) is 4.51. The van der Waals surface area contributed by atoms with Gasteiger partial charge < -0.3 is 10.2 Å². The molecule has 1 saturated heterocycles. The van der Waals surface area contributed by atoms with Crippen LogP contribution in [0.3, 0.4) is 0 Å². The lowest BCUT2D eigenvalue weighted by atomic mass is 9.79. The minimum Gasteiger partial charge on any atom is -0.342 e. The van der Waals surface area contributed by atoms with Gasteiger partial charge in [-0.25, -0.2) is 4.39 Å². The van der Waals surface area contributed by atoms with Gasteiger partial charge in [0, 0.05) is 19.0 Å². The molecule has 1 amide bonds. The normalized spacial score (nSPS) is 26.4. The molecule has 4 rings (SSSR count). The number of amides is 1. The Kier molecular flexibility index (Phi) is 4.82. The highest BCUT2D eigenvalue weighted by Gasteiger charge is 2.40. The van der Waals surface area contributed by atoms with Gasteiger partial charge in [-0.3, -0.25) is 14.6 Å². The third-order valence-electron chi connectivity index (χ3n) is 5.65. The summed E-state index contributed by atoms with van der Waals surface area (Å²) < 4.78 is 13.4. The van der Waals surface area contributed by atoms with Crippen molar-refractivity contribution in [3.63, 3.8) is 0 Å². The zero-order valence-electron chi connectivity index (χ0n) is 16.3. The Morgan fingerprint density at radius 2 is 1.83 bits per heavy atom. The maximum atomic E-state index is 13.4. The third kappa shape index (κ3) is 3.48. The van der Waals surface area contributed by atoms with Crippen molar-refractivity contribution in [2.75, 3.05) is 23.3 Å². The number of carbonyl (C=O) groups excluding carboxylic acids is 1. The monoisotopic (exact) mass is 395 g/mol. The number of H-pyrrole nitrogens is 1. The molecule has 1 fully saturated rings. The molecule has 150 valence electrons. The molecule has 2 N–H and O–H groups in total. The van der Waals surface area contributed by atoms with Gasteiger partial charge in [-0.05, 0) is 36.0 Å². The van der Waals surface area contributed by atoms with Crippen molar-refractivity contribution < 1.29 is 9.18 Å². The number of carbonyl (C=O) groups is 1. The second-order valence-electron chi connectivity index (χ2n) is 8.13. The topological polar surface area (TPSA) is 102 Å². The molecule has 0 saturated carbocycles. The molecule has 2 aromatic rings. The highest BCUT2D eigenvalue weighted by molar-refractivity contribution is 5.97. The summed E-state index contributed by atoms with van der Waals surface area (Å²) in [6.07, 6.45) is 1.11. The van der Waals surface area contributed by atoms with Crippen LogP contribution in [0.25, 0.3) is 0 Å². The number of benzene rings is 1. The van der Waals surface area contributed by atoms with E-state index in [0.717, 1.165) is 19.5 Å². The average molecular weight is 395 g/mol. The third-order valence-corrected chi connectivity index (χ3v) is 5.65. The van der Waals surface area contributed by atoms with E-state index in [1.165, 1.54) is 24.3 Å². The van der Waals surface area contributed by atoms with Gasteiger partial charge in [-0.2, -0.15) is 10.2 Å². The van der Waals surface area contributed by atoms with Gasteiger partial charge in [0.2, 0.25) is 11.9 Å². The first-order chi connectivity index (χ1) is 13.9. The molecular weight excluding hydrogens is 373 g/mol. The molecule has 2 aliphatic heterocycles. The van der Waals surface area contributed by atoms with Gasteiger partial charge in [0.25, 0.3) is 5.56 Å². The molecular formula is C21H22FN5O2. The number of rotatable bonds is 2. The number of piperidine rings is 1. The molecule has 4 atom stereocenters. The minimum absolute atomic E-state index is 0.167. The summed E-state index contributed by atoms with van der Waals surface area (Å²) in [7, 11) is 0. The number of fused-ring (bicyclic) bond motifs is 1. The summed E-state index contributed by atoms with van der Waals surface area (Å²) in [6.45, 7) is 5.84. The fourth-order valence-electron chi connectivity index (χ4n) is 4.51. The van der Waals surface area contributed by atoms with Crippen molar-refractivity contribution in [2.24, 2.45) is 17.8 Å². The maximum Gasteiger partial charge on any atom is 0.258 e. The summed E-state index contributed by atoms with van der Waals surface area (Å²) >= 11 is 0. The maximum absolute atomic E-state index is 13.4. The van der Waals surface area contributed by atoms with E-state index in [2.05, 4.69) is 29.1 Å². The number of anilines is 2. The second-order valence-corrected chi connectivity index (χ2v) is 8.13. The molecule has 1 aromatic carbocycles. The van der Waals surface area contributed by atoms with Crippen LogP contribution in [0.15, 0.2) is 29.1 Å². The number of aromatic nitrogens is 2. The first kappa shape index (κ1) is 19.1. The van der Waals surface area contributed by atoms with Gasteiger partial charge in [0.15, 0.2) is 0 Å². The largest absolute Gasteiger partial charge is 0.342 e. The summed E-state index contributed by atoms with van der Waals surface area (Å²) in [5.41, 5.74) is 0.351. The van der Waals surface area contributed by atoms with E-state index in [-0.39, 0.29) is 11.4 Å². The van der Waals surface area contributed by atoms with Crippen LogP contribution in [0.1, 0.15) is 37.3 Å². The average Bonchev–Trinajstić information content (AvgIpc) is 2.66. The van der Waals surface area contributed by atoms with E-state index in [4.69, 9.17) is 0 Å². The molecule has 0 aliphatic carbocycles. The van der Waals surface area contributed by atoms with Crippen LogP contribution < -0.4 is 15.8 Å². The SMILES string of the molecule is CC1CC(C)CN(c2nc3c(c(=O)[nH]2)C(c2ccc(F)cc2)C(C#N)C(=O)N3)C1. The van der Waals surface area contributed by atoms with E-state index in [1.807, 2.05) is 11.0 Å². The number of hydrogen-bond acceptors (Lipinski definition) is 5. The molecule has 0 bridgehead atoms. The number of hydrogen-bond donors (Lipinski definition) is 2. The predicted octanol–water partition coefficient (Wildman–Crippen LogP) is 2.62. The van der Waals surface area contributed by atoms with Crippen molar-refractivity contribution in [2.45, 2.75) is 26.2 Å². The lowest BCUT2D eigenvalue weighted by Crippen LogP contribution is -2.42. The van der Waals surface area contributed by atoms with Crippen molar-refractivity contribution >= 4 is 17.7 Å². The Morgan fingerprint density at radius 3 is 2.45 bits per heavy atom. The van der Waals surface area contributed by atoms with Gasteiger partial charge in [-0.1, -0.05) is 26.0 Å². The van der Waals surface area contributed by atoms with Gasteiger partial charge in [0.05, 0.1) is 11.6 Å². The van der Waals surface area contributed by atoms with E-state index in [9.17, 15) is 19.2 Å². The van der Waals surface area contributed by atoms with Crippen molar-refractivity contribution in [3.05, 3.63) is 51.6 Å². The van der Waals surface area contributed by atoms with Crippen molar-refractivity contribution in [1.29, 1.82) is 5.26 Å². The fraction of sp³-hybridized carbons (Fsp3) is 0.429. The summed E-state index contributed by atoms with van der Waals surface area (Å²) in [6, 6.07) is 7.47. The molecule has 4 unspecified atom stereocenters. The van der Waals surface area contributed by atoms with Gasteiger partial charge in [-0.15, -0.1) is 0 Å². The molecule has 1 aromatic heterocycles. The van der Waals surface area contributed by atoms with Gasteiger partial charge >= 0.3 is 0 Å². The lowest BCUT2D eigenvalue weighted by molar-refractivity contribution is -0.119. The molecule has 29 heavy (non-hydrogen) atoms. The van der Waals surface area contributed by atoms with Crippen LogP contribution in [0.4, 0.5) is 16.2 Å². The minimum atomic E-state index is -1.10. The number of nitriles is 1. The first-order valence-corrected chi connectivity index (χ1v) is 9.72. The quantitative estimate of drug-likeness (QED) is 0.814.